The van der Waals surface area contributed by atoms with Crippen LogP contribution >= 0.6 is 0 Å². The molecule has 0 saturated carbocycles. The number of benzene rings is 1. The van der Waals surface area contributed by atoms with Crippen LogP contribution in [0.15, 0.2) is 17.2 Å². The number of aromatic nitrogens is 1. The molecule has 1 amide bonds. The maximum Gasteiger partial charge on any atom is 0.272 e. The van der Waals surface area contributed by atoms with Crippen LogP contribution < -0.4 is 5.43 Å². The Morgan fingerprint density at radius 2 is 2.09 bits per heavy atom. The fraction of sp³-hybridized carbons (Fsp3) is 0.412. The second-order valence-electron chi connectivity index (χ2n) is 5.95. The maximum atomic E-state index is 13.8. The minimum absolute atomic E-state index is 0.336. The van der Waals surface area contributed by atoms with Crippen LogP contribution in [0.2, 0.25) is 0 Å². The number of hydrogen-bond acceptors (Lipinski definition) is 3. The average molecular weight is 316 g/mol. The molecule has 0 spiro atoms. The van der Waals surface area contributed by atoms with Gasteiger partial charge in [-0.15, -0.1) is 0 Å². The first-order valence-corrected chi connectivity index (χ1v) is 7.95. The molecule has 5 nitrogen and oxygen atoms in total. The largest absolute Gasteiger partial charge is 0.358 e. The lowest BCUT2D eigenvalue weighted by Crippen LogP contribution is -2.29. The minimum Gasteiger partial charge on any atom is -0.358 e. The van der Waals surface area contributed by atoms with E-state index in [0.29, 0.717) is 17.6 Å². The molecule has 2 N–H and O–H groups in total. The summed E-state index contributed by atoms with van der Waals surface area (Å²) in [5, 5.41) is 5.08. The van der Waals surface area contributed by atoms with Crippen molar-refractivity contribution in [3.8, 4) is 0 Å². The van der Waals surface area contributed by atoms with Crippen molar-refractivity contribution in [1.82, 2.24) is 15.3 Å². The normalized spacial score (nSPS) is 14.1. The van der Waals surface area contributed by atoms with Crippen LogP contribution in [0.4, 0.5) is 4.39 Å². The fourth-order valence-corrected chi connectivity index (χ4v) is 3.18. The SMILES string of the molecule is CCCN(C)CC1=NNC(=O)c2cc(F)cc3[nH]c(CC)c1c23. The Bertz CT molecular complexity index is 793. The van der Waals surface area contributed by atoms with Gasteiger partial charge in [0.25, 0.3) is 5.91 Å². The summed E-state index contributed by atoms with van der Waals surface area (Å²) in [6.07, 6.45) is 1.80. The lowest BCUT2D eigenvalue weighted by Gasteiger charge is -2.17. The van der Waals surface area contributed by atoms with Crippen molar-refractivity contribution in [3.63, 3.8) is 0 Å². The predicted octanol–water partition coefficient (Wildman–Crippen LogP) is 2.66. The number of rotatable bonds is 5. The molecule has 2 aromatic rings. The molecule has 0 radical (unpaired) electrons. The van der Waals surface area contributed by atoms with Gasteiger partial charge in [0.2, 0.25) is 0 Å². The molecular formula is C17H21FN4O. The molecule has 1 aromatic carbocycles. The van der Waals surface area contributed by atoms with E-state index in [2.05, 4.69) is 27.3 Å². The number of likely N-dealkylation sites (N-methyl/N-ethyl adjacent to an activating group) is 1. The highest BCUT2D eigenvalue weighted by atomic mass is 19.1. The second-order valence-corrected chi connectivity index (χ2v) is 5.95. The van der Waals surface area contributed by atoms with Crippen molar-refractivity contribution < 1.29 is 9.18 Å². The lowest BCUT2D eigenvalue weighted by molar-refractivity contribution is 0.0956. The van der Waals surface area contributed by atoms with Gasteiger partial charge in [0.05, 0.1) is 16.8 Å². The maximum absolute atomic E-state index is 13.8. The summed E-state index contributed by atoms with van der Waals surface area (Å²) in [5.74, 6) is -0.796. The molecule has 6 heteroatoms. The monoisotopic (exact) mass is 316 g/mol. The van der Waals surface area contributed by atoms with Crippen molar-refractivity contribution in [3.05, 3.63) is 34.8 Å². The zero-order valence-electron chi connectivity index (χ0n) is 13.7. The van der Waals surface area contributed by atoms with Crippen LogP contribution in [0.1, 0.15) is 41.9 Å². The van der Waals surface area contributed by atoms with Crippen molar-refractivity contribution in [2.45, 2.75) is 26.7 Å². The van der Waals surface area contributed by atoms with Crippen molar-refractivity contribution in [1.29, 1.82) is 0 Å². The Hall–Kier alpha value is -2.21. The third kappa shape index (κ3) is 2.74. The van der Waals surface area contributed by atoms with Crippen LogP contribution in [0.5, 0.6) is 0 Å². The number of nitrogens with one attached hydrogen (secondary N) is 2. The number of carbonyl (C=O) groups excluding carboxylic acids is 1. The highest BCUT2D eigenvalue weighted by molar-refractivity contribution is 6.20. The van der Waals surface area contributed by atoms with Gasteiger partial charge in [0, 0.05) is 23.2 Å². The summed E-state index contributed by atoms with van der Waals surface area (Å²) < 4.78 is 13.8. The number of H-pyrrole nitrogens is 1. The first-order valence-electron chi connectivity index (χ1n) is 7.95. The molecular weight excluding hydrogens is 295 g/mol. The average Bonchev–Trinajstić information content (AvgIpc) is 2.82. The first kappa shape index (κ1) is 15.7. The molecule has 23 heavy (non-hydrogen) atoms. The van der Waals surface area contributed by atoms with E-state index in [4.69, 9.17) is 0 Å². The number of carbonyl (C=O) groups is 1. The van der Waals surface area contributed by atoms with Gasteiger partial charge in [-0.1, -0.05) is 13.8 Å². The summed E-state index contributed by atoms with van der Waals surface area (Å²) in [7, 11) is 2.03. The van der Waals surface area contributed by atoms with Gasteiger partial charge in [-0.3, -0.25) is 4.79 Å². The highest BCUT2D eigenvalue weighted by Crippen LogP contribution is 2.30. The first-order chi connectivity index (χ1) is 11.0. The quantitative estimate of drug-likeness (QED) is 0.891. The third-order valence-electron chi connectivity index (χ3n) is 4.14. The molecule has 1 aliphatic rings. The van der Waals surface area contributed by atoms with E-state index in [1.165, 1.54) is 12.1 Å². The van der Waals surface area contributed by atoms with Crippen LogP contribution in [0.25, 0.3) is 10.9 Å². The molecule has 0 aliphatic carbocycles. The summed E-state index contributed by atoms with van der Waals surface area (Å²) >= 11 is 0. The zero-order valence-corrected chi connectivity index (χ0v) is 13.7. The van der Waals surface area contributed by atoms with Crippen LogP contribution in [-0.4, -0.2) is 41.6 Å². The topological polar surface area (TPSA) is 60.5 Å². The molecule has 0 atom stereocenters. The Morgan fingerprint density at radius 1 is 1.30 bits per heavy atom. The number of halogens is 1. The number of hydrogen-bond donors (Lipinski definition) is 2. The molecule has 3 rings (SSSR count). The van der Waals surface area contributed by atoms with Gasteiger partial charge in [-0.2, -0.15) is 5.10 Å². The van der Waals surface area contributed by atoms with Gasteiger partial charge < -0.3 is 9.88 Å². The molecule has 0 bridgehead atoms. The molecule has 2 heterocycles. The summed E-state index contributed by atoms with van der Waals surface area (Å²) in [6.45, 7) is 5.73. The molecule has 1 aromatic heterocycles. The minimum atomic E-state index is -0.426. The van der Waals surface area contributed by atoms with Crippen molar-refractivity contribution in [2.24, 2.45) is 5.10 Å². The molecule has 0 fully saturated rings. The predicted molar refractivity (Wildman–Crippen MR) is 89.4 cm³/mol. The molecule has 0 saturated heterocycles. The number of amides is 1. The molecule has 122 valence electrons. The van der Waals surface area contributed by atoms with E-state index in [1.54, 1.807) is 0 Å². The van der Waals surface area contributed by atoms with E-state index in [-0.39, 0.29) is 5.91 Å². The number of hydrazone groups is 1. The molecule has 0 unspecified atom stereocenters. The Kier molecular flexibility index (Phi) is 4.17. The van der Waals surface area contributed by atoms with Gasteiger partial charge >= 0.3 is 0 Å². The van der Waals surface area contributed by atoms with Gasteiger partial charge in [0.1, 0.15) is 5.82 Å². The molecule has 1 aliphatic heterocycles. The third-order valence-corrected chi connectivity index (χ3v) is 4.14. The van der Waals surface area contributed by atoms with E-state index in [1.807, 2.05) is 14.0 Å². The Morgan fingerprint density at radius 3 is 2.78 bits per heavy atom. The number of aromatic amines is 1. The fourth-order valence-electron chi connectivity index (χ4n) is 3.18. The van der Waals surface area contributed by atoms with E-state index in [9.17, 15) is 9.18 Å². The van der Waals surface area contributed by atoms with Crippen molar-refractivity contribution in [2.75, 3.05) is 20.1 Å². The van der Waals surface area contributed by atoms with Gasteiger partial charge in [-0.25, -0.2) is 9.82 Å². The Labute approximate surface area is 134 Å². The van der Waals surface area contributed by atoms with Crippen LogP contribution in [0.3, 0.4) is 0 Å². The van der Waals surface area contributed by atoms with Gasteiger partial charge in [0.15, 0.2) is 0 Å². The van der Waals surface area contributed by atoms with E-state index in [0.717, 1.165) is 41.7 Å². The van der Waals surface area contributed by atoms with Crippen LogP contribution in [-0.2, 0) is 6.42 Å². The number of nitrogens with zero attached hydrogens (tertiary/aromatic N) is 2. The standard InChI is InChI=1S/C17H21FN4O/c1-4-6-22(3)9-14-16-12(5-2)19-13-8-10(18)7-11(15(13)16)17(23)21-20-14/h7-8,19H,4-6,9H2,1-3H3,(H,21,23). The van der Waals surface area contributed by atoms with E-state index < -0.39 is 5.82 Å². The second kappa shape index (κ2) is 6.12. The zero-order chi connectivity index (χ0) is 16.6. The van der Waals surface area contributed by atoms with Crippen LogP contribution in [0, 0.1) is 5.82 Å². The lowest BCUT2D eigenvalue weighted by atomic mass is 9.99. The number of aryl methyl sites for hydroxylation is 1. The summed E-state index contributed by atoms with van der Waals surface area (Å²) in [4.78, 5) is 17.7. The van der Waals surface area contributed by atoms with Gasteiger partial charge in [-0.05, 0) is 38.6 Å². The Balaban J connectivity index is 2.20. The summed E-state index contributed by atoms with van der Waals surface area (Å²) in [6, 6.07) is 2.72. The van der Waals surface area contributed by atoms with Crippen molar-refractivity contribution >= 4 is 22.5 Å². The summed E-state index contributed by atoms with van der Waals surface area (Å²) in [5.41, 5.74) is 6.26. The van der Waals surface area contributed by atoms with E-state index >= 15 is 0 Å². The highest BCUT2D eigenvalue weighted by Gasteiger charge is 2.25. The smallest absolute Gasteiger partial charge is 0.272 e.